The van der Waals surface area contributed by atoms with Crippen molar-refractivity contribution in [3.05, 3.63) is 0 Å². The van der Waals surface area contributed by atoms with Crippen LogP contribution in [0, 0.1) is 0 Å². The molecule has 13 heavy (non-hydrogen) atoms. The molecule has 1 fully saturated rings. The molecule has 1 saturated heterocycles. The molecule has 1 rings (SSSR count). The van der Waals surface area contributed by atoms with Crippen molar-refractivity contribution in [1.82, 2.24) is 10.6 Å². The highest BCUT2D eigenvalue weighted by molar-refractivity contribution is 4.82. The van der Waals surface area contributed by atoms with Crippen LogP contribution in [0.3, 0.4) is 0 Å². The van der Waals surface area contributed by atoms with Crippen LogP contribution >= 0.6 is 0 Å². The van der Waals surface area contributed by atoms with Crippen molar-refractivity contribution in [1.29, 1.82) is 0 Å². The molecule has 0 aromatic carbocycles. The number of ether oxygens (including phenoxy) is 1. The Morgan fingerprint density at radius 3 is 2.46 bits per heavy atom. The van der Waals surface area contributed by atoms with Crippen LogP contribution in [0.4, 0.5) is 0 Å². The molecule has 3 N–H and O–H groups in total. The molecule has 0 amide bonds. The first-order valence-corrected chi connectivity index (χ1v) is 4.87. The maximum absolute atomic E-state index is 9.46. The van der Waals surface area contributed by atoms with Crippen LogP contribution in [0.1, 0.15) is 20.8 Å². The summed E-state index contributed by atoms with van der Waals surface area (Å²) in [7, 11) is 0. The zero-order chi connectivity index (χ0) is 9.84. The molecule has 0 spiro atoms. The Bertz CT molecular complexity index is 153. The van der Waals surface area contributed by atoms with Gasteiger partial charge in [-0.15, -0.1) is 0 Å². The van der Waals surface area contributed by atoms with Gasteiger partial charge in [0.2, 0.25) is 0 Å². The molecule has 0 unspecified atom stereocenters. The van der Waals surface area contributed by atoms with Gasteiger partial charge in [0.05, 0.1) is 31.5 Å². The van der Waals surface area contributed by atoms with E-state index in [1.807, 2.05) is 6.92 Å². The zero-order valence-corrected chi connectivity index (χ0v) is 8.58. The van der Waals surface area contributed by atoms with E-state index in [0.29, 0.717) is 19.3 Å². The third-order valence-corrected chi connectivity index (χ3v) is 2.10. The minimum absolute atomic E-state index is 0.0706. The molecule has 0 bridgehead atoms. The normalized spacial score (nSPS) is 31.2. The largest absolute Gasteiger partial charge is 0.389 e. The fourth-order valence-corrected chi connectivity index (χ4v) is 1.57. The lowest BCUT2D eigenvalue weighted by Crippen LogP contribution is -2.51. The second-order valence-corrected chi connectivity index (χ2v) is 3.92. The molecule has 1 heterocycles. The lowest BCUT2D eigenvalue weighted by atomic mass is 10.2. The van der Waals surface area contributed by atoms with Crippen LogP contribution in [-0.4, -0.2) is 42.7 Å². The van der Waals surface area contributed by atoms with Gasteiger partial charge in [-0.1, -0.05) is 0 Å². The summed E-state index contributed by atoms with van der Waals surface area (Å²) >= 11 is 0. The first-order valence-electron chi connectivity index (χ1n) is 4.87. The van der Waals surface area contributed by atoms with Crippen LogP contribution in [0.5, 0.6) is 0 Å². The number of aliphatic hydroxyl groups excluding tert-OH is 1. The third kappa shape index (κ3) is 3.60. The summed E-state index contributed by atoms with van der Waals surface area (Å²) in [6.45, 7) is 7.29. The van der Waals surface area contributed by atoms with Gasteiger partial charge in [-0.25, -0.2) is 0 Å². The van der Waals surface area contributed by atoms with Gasteiger partial charge in [-0.2, -0.15) is 0 Å². The highest BCUT2D eigenvalue weighted by atomic mass is 16.5. The van der Waals surface area contributed by atoms with Crippen molar-refractivity contribution in [2.75, 3.05) is 13.2 Å². The third-order valence-electron chi connectivity index (χ3n) is 2.10. The lowest BCUT2D eigenvalue weighted by Gasteiger charge is -2.23. The summed E-state index contributed by atoms with van der Waals surface area (Å²) in [5.41, 5.74) is 0. The Morgan fingerprint density at radius 2 is 2.00 bits per heavy atom. The molecule has 0 saturated carbocycles. The summed E-state index contributed by atoms with van der Waals surface area (Å²) in [6.07, 6.45) is -0.155. The van der Waals surface area contributed by atoms with E-state index in [9.17, 15) is 5.11 Å². The number of hydrogen-bond donors (Lipinski definition) is 3. The van der Waals surface area contributed by atoms with E-state index in [1.54, 1.807) is 0 Å². The van der Waals surface area contributed by atoms with Gasteiger partial charge in [0, 0.05) is 6.04 Å². The topological polar surface area (TPSA) is 53.5 Å². The number of nitrogens with one attached hydrogen (secondary N) is 2. The summed E-state index contributed by atoms with van der Waals surface area (Å²) < 4.78 is 5.13. The molecule has 0 aromatic rings. The average molecular weight is 188 g/mol. The molecular weight excluding hydrogens is 168 g/mol. The van der Waals surface area contributed by atoms with E-state index >= 15 is 0 Å². The van der Waals surface area contributed by atoms with Gasteiger partial charge in [0.15, 0.2) is 0 Å². The van der Waals surface area contributed by atoms with Crippen LogP contribution in [0.2, 0.25) is 0 Å². The van der Waals surface area contributed by atoms with Crippen molar-refractivity contribution in [3.63, 3.8) is 0 Å². The van der Waals surface area contributed by atoms with Crippen molar-refractivity contribution >= 4 is 0 Å². The maximum atomic E-state index is 9.46. The number of rotatable bonds is 4. The van der Waals surface area contributed by atoms with Gasteiger partial charge < -0.3 is 9.84 Å². The predicted octanol–water partition coefficient (Wildman–Crippen LogP) is -0.320. The van der Waals surface area contributed by atoms with Crippen LogP contribution in [-0.2, 0) is 4.74 Å². The van der Waals surface area contributed by atoms with Crippen molar-refractivity contribution in [2.45, 2.75) is 45.1 Å². The first-order chi connectivity index (χ1) is 6.09. The second-order valence-electron chi connectivity index (χ2n) is 3.92. The lowest BCUT2D eigenvalue weighted by molar-refractivity contribution is 0.120. The average Bonchev–Trinajstić information content (AvgIpc) is 2.34. The SMILES string of the molecule is CC(C)N[C@H](C)N[C@@H]1COC[C@H]1O. The van der Waals surface area contributed by atoms with Gasteiger partial charge in [-0.3, -0.25) is 10.6 Å². The molecule has 3 atom stereocenters. The Morgan fingerprint density at radius 1 is 1.31 bits per heavy atom. The van der Waals surface area contributed by atoms with E-state index in [-0.39, 0.29) is 18.3 Å². The smallest absolute Gasteiger partial charge is 0.0949 e. The van der Waals surface area contributed by atoms with E-state index in [2.05, 4.69) is 24.5 Å². The predicted molar refractivity (Wildman–Crippen MR) is 51.5 cm³/mol. The van der Waals surface area contributed by atoms with Crippen LogP contribution < -0.4 is 10.6 Å². The van der Waals surface area contributed by atoms with E-state index in [0.717, 1.165) is 0 Å². The minimum atomic E-state index is -0.364. The standard InChI is InChI=1S/C9H20N2O2/c1-6(2)10-7(3)11-8-4-13-5-9(8)12/h6-12H,4-5H2,1-3H3/t7-,8+,9+/m0/s1. The van der Waals surface area contributed by atoms with Crippen LogP contribution in [0.25, 0.3) is 0 Å². The molecule has 78 valence electrons. The Labute approximate surface area is 79.7 Å². The molecule has 1 aliphatic heterocycles. The van der Waals surface area contributed by atoms with Crippen molar-refractivity contribution < 1.29 is 9.84 Å². The fraction of sp³-hybridized carbons (Fsp3) is 1.00. The summed E-state index contributed by atoms with van der Waals surface area (Å²) in [5, 5.41) is 16.0. The van der Waals surface area contributed by atoms with Gasteiger partial charge >= 0.3 is 0 Å². The van der Waals surface area contributed by atoms with Crippen LogP contribution in [0.15, 0.2) is 0 Å². The summed E-state index contributed by atoms with van der Waals surface area (Å²) in [6, 6.07) is 0.517. The molecule has 4 heteroatoms. The molecule has 0 aliphatic carbocycles. The minimum Gasteiger partial charge on any atom is -0.389 e. The molecule has 1 aliphatic rings. The summed E-state index contributed by atoms with van der Waals surface area (Å²) in [4.78, 5) is 0. The molecule has 4 nitrogen and oxygen atoms in total. The van der Waals surface area contributed by atoms with Crippen molar-refractivity contribution in [2.24, 2.45) is 0 Å². The molecular formula is C9H20N2O2. The Kier molecular flexibility index (Phi) is 4.12. The number of aliphatic hydroxyl groups is 1. The Hall–Kier alpha value is -0.160. The maximum Gasteiger partial charge on any atom is 0.0949 e. The van der Waals surface area contributed by atoms with Crippen molar-refractivity contribution in [3.8, 4) is 0 Å². The highest BCUT2D eigenvalue weighted by Gasteiger charge is 2.26. The quantitative estimate of drug-likeness (QED) is 0.529. The highest BCUT2D eigenvalue weighted by Crippen LogP contribution is 2.05. The van der Waals surface area contributed by atoms with Gasteiger partial charge in [-0.05, 0) is 20.8 Å². The van der Waals surface area contributed by atoms with E-state index < -0.39 is 0 Å². The molecule has 0 radical (unpaired) electrons. The summed E-state index contributed by atoms with van der Waals surface area (Å²) in [5.74, 6) is 0. The molecule has 0 aromatic heterocycles. The fourth-order valence-electron chi connectivity index (χ4n) is 1.57. The van der Waals surface area contributed by atoms with Gasteiger partial charge in [0.25, 0.3) is 0 Å². The number of hydrogen-bond acceptors (Lipinski definition) is 4. The van der Waals surface area contributed by atoms with Gasteiger partial charge in [0.1, 0.15) is 0 Å². The Balaban J connectivity index is 2.22. The second kappa shape index (κ2) is 4.91. The zero-order valence-electron chi connectivity index (χ0n) is 8.58. The van der Waals surface area contributed by atoms with E-state index in [4.69, 9.17) is 4.74 Å². The monoisotopic (exact) mass is 188 g/mol. The van der Waals surface area contributed by atoms with E-state index in [1.165, 1.54) is 0 Å². The first kappa shape index (κ1) is 10.9.